The fourth-order valence-electron chi connectivity index (χ4n) is 2.43. The first-order valence-electron chi connectivity index (χ1n) is 8.38. The Morgan fingerprint density at radius 1 is 1.23 bits per heavy atom. The first-order chi connectivity index (χ1) is 12.3. The van der Waals surface area contributed by atoms with E-state index in [0.717, 1.165) is 24.2 Å². The fourth-order valence-corrected chi connectivity index (χ4v) is 2.69. The van der Waals surface area contributed by atoms with Crippen LogP contribution in [0.4, 0.5) is 10.5 Å². The van der Waals surface area contributed by atoms with Crippen LogP contribution in [0.25, 0.3) is 0 Å². The average molecular weight is 378 g/mol. The number of amides is 3. The number of benzene rings is 1. The van der Waals surface area contributed by atoms with Crippen LogP contribution in [0.2, 0.25) is 5.02 Å². The van der Waals surface area contributed by atoms with Crippen molar-refractivity contribution in [3.8, 4) is 0 Å². The third-order valence-electron chi connectivity index (χ3n) is 3.80. The number of aromatic nitrogens is 2. The highest BCUT2D eigenvalue weighted by molar-refractivity contribution is 6.34. The van der Waals surface area contributed by atoms with Gasteiger partial charge in [0.2, 0.25) is 0 Å². The quantitative estimate of drug-likeness (QED) is 0.809. The monoisotopic (exact) mass is 377 g/mol. The number of aryl methyl sites for hydroxylation is 1. The molecule has 0 saturated heterocycles. The Morgan fingerprint density at radius 2 is 1.96 bits per heavy atom. The predicted octanol–water partition coefficient (Wildman–Crippen LogP) is 3.38. The lowest BCUT2D eigenvalue weighted by molar-refractivity contribution is 0.0828. The topological polar surface area (TPSA) is 81.3 Å². The van der Waals surface area contributed by atoms with Crippen molar-refractivity contribution in [2.24, 2.45) is 0 Å². The van der Waals surface area contributed by atoms with E-state index in [2.05, 4.69) is 22.4 Å². The molecule has 1 heterocycles. The minimum atomic E-state index is -0.278. The smallest absolute Gasteiger partial charge is 0.321 e. The van der Waals surface area contributed by atoms with E-state index in [1.807, 2.05) is 6.07 Å². The van der Waals surface area contributed by atoms with E-state index in [9.17, 15) is 9.59 Å². The van der Waals surface area contributed by atoms with Crippen molar-refractivity contribution < 1.29 is 9.59 Å². The Labute approximate surface area is 158 Å². The highest BCUT2D eigenvalue weighted by Gasteiger charge is 2.15. The molecular weight excluding hydrogens is 354 g/mol. The molecule has 140 valence electrons. The summed E-state index contributed by atoms with van der Waals surface area (Å²) in [6, 6.07) is 6.51. The third kappa shape index (κ3) is 4.98. The normalized spacial score (nSPS) is 10.5. The molecule has 8 heteroatoms. The second kappa shape index (κ2) is 8.71. The van der Waals surface area contributed by atoms with Crippen molar-refractivity contribution in [2.45, 2.75) is 26.3 Å². The van der Waals surface area contributed by atoms with Gasteiger partial charge in [-0.25, -0.2) is 4.79 Å². The van der Waals surface area contributed by atoms with E-state index in [-0.39, 0.29) is 11.9 Å². The maximum Gasteiger partial charge on any atom is 0.321 e. The van der Waals surface area contributed by atoms with Crippen LogP contribution in [0, 0.1) is 0 Å². The van der Waals surface area contributed by atoms with Crippen molar-refractivity contribution in [3.63, 3.8) is 0 Å². The van der Waals surface area contributed by atoms with Gasteiger partial charge in [0.15, 0.2) is 0 Å². The van der Waals surface area contributed by atoms with Gasteiger partial charge in [-0.05, 0) is 30.7 Å². The maximum absolute atomic E-state index is 12.3. The van der Waals surface area contributed by atoms with Crippen LogP contribution < -0.4 is 5.32 Å². The minimum Gasteiger partial charge on any atom is -0.345 e. The minimum absolute atomic E-state index is 0.188. The van der Waals surface area contributed by atoms with E-state index in [0.29, 0.717) is 22.8 Å². The molecule has 0 saturated carbocycles. The Bertz CT molecular complexity index is 788. The molecule has 7 nitrogen and oxygen atoms in total. The third-order valence-corrected chi connectivity index (χ3v) is 4.11. The van der Waals surface area contributed by atoms with Crippen LogP contribution in [-0.2, 0) is 13.0 Å². The van der Waals surface area contributed by atoms with E-state index in [1.54, 1.807) is 39.3 Å². The van der Waals surface area contributed by atoms with Crippen LogP contribution in [0.1, 0.15) is 35.1 Å². The molecule has 0 aliphatic carbocycles. The lowest BCUT2D eigenvalue weighted by atomic mass is 10.2. The van der Waals surface area contributed by atoms with Gasteiger partial charge in [0, 0.05) is 26.8 Å². The molecule has 3 amide bonds. The Morgan fingerprint density at radius 3 is 2.58 bits per heavy atom. The molecule has 0 radical (unpaired) electrons. The molecule has 1 aromatic carbocycles. The predicted molar refractivity (Wildman–Crippen MR) is 103 cm³/mol. The first kappa shape index (κ1) is 19.8. The van der Waals surface area contributed by atoms with Gasteiger partial charge < -0.3 is 15.1 Å². The molecule has 0 atom stereocenters. The van der Waals surface area contributed by atoms with Crippen LogP contribution in [0.15, 0.2) is 24.3 Å². The van der Waals surface area contributed by atoms with Gasteiger partial charge in [-0.15, -0.1) is 0 Å². The van der Waals surface area contributed by atoms with Gasteiger partial charge in [-0.2, -0.15) is 5.10 Å². The Hall–Kier alpha value is -2.54. The average Bonchev–Trinajstić information content (AvgIpc) is 3.01. The number of halogens is 1. The maximum atomic E-state index is 12.3. The number of urea groups is 1. The van der Waals surface area contributed by atoms with Gasteiger partial charge >= 0.3 is 6.03 Å². The first-order valence-corrected chi connectivity index (χ1v) is 8.76. The number of aromatic amines is 1. The van der Waals surface area contributed by atoms with E-state index in [4.69, 9.17) is 11.6 Å². The van der Waals surface area contributed by atoms with Crippen molar-refractivity contribution >= 4 is 29.2 Å². The Balaban J connectivity index is 1.99. The zero-order valence-corrected chi connectivity index (χ0v) is 16.2. The number of hydrogen-bond acceptors (Lipinski definition) is 3. The Kier molecular flexibility index (Phi) is 6.63. The largest absolute Gasteiger partial charge is 0.345 e. The number of H-pyrrole nitrogens is 1. The summed E-state index contributed by atoms with van der Waals surface area (Å²) in [5.74, 6) is -0.188. The zero-order valence-electron chi connectivity index (χ0n) is 15.5. The van der Waals surface area contributed by atoms with Gasteiger partial charge in [-0.3, -0.25) is 9.89 Å². The second-order valence-corrected chi connectivity index (χ2v) is 6.72. The number of carbonyl (C=O) groups is 2. The second-order valence-electron chi connectivity index (χ2n) is 6.31. The lowest BCUT2D eigenvalue weighted by Crippen LogP contribution is -2.31. The summed E-state index contributed by atoms with van der Waals surface area (Å²) < 4.78 is 0. The van der Waals surface area contributed by atoms with Crippen LogP contribution >= 0.6 is 11.6 Å². The summed E-state index contributed by atoms with van der Waals surface area (Å²) in [5, 5.41) is 10.2. The van der Waals surface area contributed by atoms with Crippen molar-refractivity contribution in [1.82, 2.24) is 20.0 Å². The van der Waals surface area contributed by atoms with Crippen molar-refractivity contribution in [1.29, 1.82) is 0 Å². The van der Waals surface area contributed by atoms with Crippen LogP contribution in [-0.4, -0.2) is 53.1 Å². The molecule has 0 aliphatic rings. The van der Waals surface area contributed by atoms with Crippen molar-refractivity contribution in [3.05, 3.63) is 46.2 Å². The number of nitrogens with zero attached hydrogens (tertiary/aromatic N) is 3. The number of rotatable bonds is 6. The summed E-state index contributed by atoms with van der Waals surface area (Å²) >= 11 is 6.17. The molecule has 0 fully saturated rings. The van der Waals surface area contributed by atoms with Gasteiger partial charge in [0.25, 0.3) is 5.91 Å². The number of hydrogen-bond donors (Lipinski definition) is 2. The lowest BCUT2D eigenvalue weighted by Gasteiger charge is -2.18. The molecule has 0 unspecified atom stereocenters. The SMILES string of the molecule is CCCc1cc(CN(C)C(=O)Nc2ccc(C(=O)N(C)C)c(Cl)c2)[nH]n1. The molecule has 2 aromatic rings. The summed E-state index contributed by atoms with van der Waals surface area (Å²) in [6.07, 6.45) is 1.93. The summed E-state index contributed by atoms with van der Waals surface area (Å²) in [5.41, 5.74) is 2.78. The van der Waals surface area contributed by atoms with E-state index < -0.39 is 0 Å². The van der Waals surface area contributed by atoms with Gasteiger partial charge in [0.1, 0.15) is 0 Å². The number of nitrogens with one attached hydrogen (secondary N) is 2. The number of anilines is 1. The molecule has 2 rings (SSSR count). The molecule has 0 spiro atoms. The van der Waals surface area contributed by atoms with Crippen LogP contribution in [0.3, 0.4) is 0 Å². The molecule has 0 aliphatic heterocycles. The highest BCUT2D eigenvalue weighted by Crippen LogP contribution is 2.22. The molecule has 1 aromatic heterocycles. The summed E-state index contributed by atoms with van der Waals surface area (Å²) in [7, 11) is 5.01. The van der Waals surface area contributed by atoms with Crippen LogP contribution in [0.5, 0.6) is 0 Å². The van der Waals surface area contributed by atoms with Gasteiger partial charge in [-0.1, -0.05) is 24.9 Å². The molecule has 2 N–H and O–H groups in total. The van der Waals surface area contributed by atoms with E-state index >= 15 is 0 Å². The van der Waals surface area contributed by atoms with Crippen molar-refractivity contribution in [2.75, 3.05) is 26.5 Å². The number of carbonyl (C=O) groups excluding carboxylic acids is 2. The van der Waals surface area contributed by atoms with E-state index in [1.165, 1.54) is 9.80 Å². The highest BCUT2D eigenvalue weighted by atomic mass is 35.5. The summed E-state index contributed by atoms with van der Waals surface area (Å²) in [6.45, 7) is 2.50. The summed E-state index contributed by atoms with van der Waals surface area (Å²) in [4.78, 5) is 27.3. The molecule has 0 bridgehead atoms. The molecular formula is C18H24ClN5O2. The van der Waals surface area contributed by atoms with Gasteiger partial charge in [0.05, 0.1) is 28.5 Å². The molecule has 26 heavy (non-hydrogen) atoms. The zero-order chi connectivity index (χ0) is 19.3. The standard InChI is InChI=1S/C18H24ClN5O2/c1-5-6-13-9-14(22-21-13)11-24(4)18(26)20-12-7-8-15(16(19)10-12)17(25)23(2)3/h7-10H,5-6,11H2,1-4H3,(H,20,26)(H,21,22). The fraction of sp³-hybridized carbons (Fsp3) is 0.389.